The number of piperidine rings is 1. The molecule has 5 heteroatoms. The second-order valence-electron chi connectivity index (χ2n) is 7.63. The highest BCUT2D eigenvalue weighted by Gasteiger charge is 2.17. The van der Waals surface area contributed by atoms with Crippen molar-refractivity contribution >= 4 is 23.2 Å². The molecule has 3 rings (SSSR count). The first-order valence-corrected chi connectivity index (χ1v) is 9.95. The van der Waals surface area contributed by atoms with E-state index in [1.165, 1.54) is 25.5 Å². The molecule has 1 aliphatic rings. The fourth-order valence-corrected chi connectivity index (χ4v) is 3.48. The third-order valence-electron chi connectivity index (χ3n) is 5.30. The zero-order valence-electron chi connectivity index (χ0n) is 16.7. The highest BCUT2D eigenvalue weighted by atomic mass is 16.2. The summed E-state index contributed by atoms with van der Waals surface area (Å²) in [6.45, 7) is 6.42. The van der Waals surface area contributed by atoms with Crippen LogP contribution in [0, 0.1) is 5.92 Å². The molecule has 1 aliphatic heterocycles. The third kappa shape index (κ3) is 5.59. The van der Waals surface area contributed by atoms with Gasteiger partial charge in [0.25, 0.3) is 0 Å². The summed E-state index contributed by atoms with van der Waals surface area (Å²) in [5, 5.41) is 2.90. The molecule has 0 saturated carbocycles. The normalized spacial score (nSPS) is 14.6. The highest BCUT2D eigenvalue weighted by molar-refractivity contribution is 5.94. The van der Waals surface area contributed by atoms with Gasteiger partial charge in [-0.05, 0) is 48.6 Å². The van der Waals surface area contributed by atoms with Crippen molar-refractivity contribution in [1.29, 1.82) is 0 Å². The summed E-state index contributed by atoms with van der Waals surface area (Å²) in [5.74, 6) is 0.495. The first-order chi connectivity index (χ1) is 13.5. The molecule has 0 spiro atoms. The number of carbonyl (C=O) groups is 2. The molecular weight excluding hydrogens is 350 g/mol. The molecule has 2 aromatic rings. The van der Waals surface area contributed by atoms with Gasteiger partial charge >= 0.3 is 0 Å². The number of nitrogens with zero attached hydrogens (tertiary/aromatic N) is 2. The third-order valence-corrected chi connectivity index (χ3v) is 5.30. The predicted octanol–water partition coefficient (Wildman–Crippen LogP) is 3.91. The lowest BCUT2D eigenvalue weighted by molar-refractivity contribution is -0.133. The van der Waals surface area contributed by atoms with E-state index in [0.29, 0.717) is 6.54 Å². The van der Waals surface area contributed by atoms with Gasteiger partial charge in [0.15, 0.2) is 0 Å². The molecule has 0 atom stereocenters. The van der Waals surface area contributed by atoms with E-state index in [2.05, 4.69) is 29.3 Å². The Hall–Kier alpha value is -2.82. The predicted molar refractivity (Wildman–Crippen MR) is 113 cm³/mol. The van der Waals surface area contributed by atoms with Gasteiger partial charge in [-0.25, -0.2) is 0 Å². The largest absolute Gasteiger partial charge is 0.372 e. The lowest BCUT2D eigenvalue weighted by atomic mass is 9.99. The number of nitrogens with one attached hydrogen (secondary N) is 1. The number of hydrogen-bond acceptors (Lipinski definition) is 3. The molecule has 0 unspecified atom stereocenters. The van der Waals surface area contributed by atoms with E-state index in [1.54, 1.807) is 4.90 Å². The second kappa shape index (κ2) is 9.40. The fourth-order valence-electron chi connectivity index (χ4n) is 3.48. The van der Waals surface area contributed by atoms with Crippen molar-refractivity contribution < 1.29 is 9.59 Å². The molecule has 0 aliphatic carbocycles. The summed E-state index contributed by atoms with van der Waals surface area (Å²) in [5.41, 5.74) is 2.95. The molecule has 0 aromatic heterocycles. The highest BCUT2D eigenvalue weighted by Crippen LogP contribution is 2.24. The topological polar surface area (TPSA) is 52.7 Å². The Morgan fingerprint density at radius 1 is 1.04 bits per heavy atom. The Kier molecular flexibility index (Phi) is 6.69. The summed E-state index contributed by atoms with van der Waals surface area (Å²) in [6, 6.07) is 17.7. The van der Waals surface area contributed by atoms with Crippen LogP contribution >= 0.6 is 0 Å². The Morgan fingerprint density at radius 3 is 2.29 bits per heavy atom. The molecule has 28 heavy (non-hydrogen) atoms. The summed E-state index contributed by atoms with van der Waals surface area (Å²) < 4.78 is 0. The first kappa shape index (κ1) is 19.9. The Bertz CT molecular complexity index is 781. The second-order valence-corrected chi connectivity index (χ2v) is 7.63. The van der Waals surface area contributed by atoms with Crippen molar-refractivity contribution in [3.63, 3.8) is 0 Å². The molecule has 2 aromatic carbocycles. The van der Waals surface area contributed by atoms with Crippen LogP contribution in [-0.4, -0.2) is 36.3 Å². The van der Waals surface area contributed by atoms with E-state index in [0.717, 1.165) is 30.3 Å². The molecule has 1 saturated heterocycles. The molecule has 0 bridgehead atoms. The maximum absolute atomic E-state index is 12.4. The molecule has 1 N–H and O–H groups in total. The first-order valence-electron chi connectivity index (χ1n) is 9.95. The van der Waals surface area contributed by atoms with E-state index >= 15 is 0 Å². The zero-order valence-corrected chi connectivity index (χ0v) is 16.7. The van der Waals surface area contributed by atoms with Gasteiger partial charge in [-0.15, -0.1) is 0 Å². The number of anilines is 2. The lowest BCUT2D eigenvalue weighted by Crippen LogP contribution is -2.36. The summed E-state index contributed by atoms with van der Waals surface area (Å²) in [7, 11) is 0. The quantitative estimate of drug-likeness (QED) is 0.828. The van der Waals surface area contributed by atoms with Crippen molar-refractivity contribution in [3.8, 4) is 0 Å². The smallest absolute Gasteiger partial charge is 0.244 e. The van der Waals surface area contributed by atoms with Crippen LogP contribution in [0.5, 0.6) is 0 Å². The summed E-state index contributed by atoms with van der Waals surface area (Å²) >= 11 is 0. The van der Waals surface area contributed by atoms with Crippen molar-refractivity contribution in [1.82, 2.24) is 4.90 Å². The molecule has 2 amide bonds. The lowest BCUT2D eigenvalue weighted by Gasteiger charge is -2.32. The maximum Gasteiger partial charge on any atom is 0.244 e. The maximum atomic E-state index is 12.4. The van der Waals surface area contributed by atoms with Crippen LogP contribution < -0.4 is 10.2 Å². The average molecular weight is 380 g/mol. The van der Waals surface area contributed by atoms with Gasteiger partial charge in [0, 0.05) is 37.9 Å². The monoisotopic (exact) mass is 379 g/mol. The number of carbonyl (C=O) groups excluding carboxylic acids is 2. The zero-order chi connectivity index (χ0) is 19.9. The van der Waals surface area contributed by atoms with Crippen LogP contribution in [-0.2, 0) is 16.1 Å². The number of benzene rings is 2. The van der Waals surface area contributed by atoms with Crippen molar-refractivity contribution in [2.24, 2.45) is 5.92 Å². The van der Waals surface area contributed by atoms with Crippen molar-refractivity contribution in [2.45, 2.75) is 33.2 Å². The summed E-state index contributed by atoms with van der Waals surface area (Å²) in [4.78, 5) is 28.3. The van der Waals surface area contributed by atoms with E-state index < -0.39 is 0 Å². The van der Waals surface area contributed by atoms with Gasteiger partial charge in [0.1, 0.15) is 6.54 Å². The van der Waals surface area contributed by atoms with Gasteiger partial charge in [-0.2, -0.15) is 0 Å². The van der Waals surface area contributed by atoms with E-state index in [9.17, 15) is 9.59 Å². The van der Waals surface area contributed by atoms with Crippen LogP contribution in [0.1, 0.15) is 32.3 Å². The van der Waals surface area contributed by atoms with Crippen LogP contribution in [0.25, 0.3) is 0 Å². The Labute approximate surface area is 167 Å². The average Bonchev–Trinajstić information content (AvgIpc) is 2.69. The number of amides is 2. The minimum Gasteiger partial charge on any atom is -0.372 e. The molecule has 5 nitrogen and oxygen atoms in total. The number of hydrogen-bond donors (Lipinski definition) is 1. The molecule has 1 heterocycles. The van der Waals surface area contributed by atoms with E-state index in [1.807, 2.05) is 42.5 Å². The minimum absolute atomic E-state index is 0.0377. The van der Waals surface area contributed by atoms with Crippen molar-refractivity contribution in [3.05, 3.63) is 60.2 Å². The van der Waals surface area contributed by atoms with Gasteiger partial charge in [-0.3, -0.25) is 9.59 Å². The molecule has 1 fully saturated rings. The van der Waals surface area contributed by atoms with E-state index in [-0.39, 0.29) is 18.4 Å². The van der Waals surface area contributed by atoms with Gasteiger partial charge in [-0.1, -0.05) is 37.3 Å². The Morgan fingerprint density at radius 2 is 1.68 bits per heavy atom. The number of rotatable bonds is 6. The van der Waals surface area contributed by atoms with Gasteiger partial charge < -0.3 is 15.1 Å². The van der Waals surface area contributed by atoms with Crippen LogP contribution in [0.3, 0.4) is 0 Å². The summed E-state index contributed by atoms with van der Waals surface area (Å²) in [6.07, 6.45) is 2.45. The van der Waals surface area contributed by atoms with Crippen LogP contribution in [0.4, 0.5) is 11.4 Å². The minimum atomic E-state index is -0.189. The van der Waals surface area contributed by atoms with Crippen LogP contribution in [0.15, 0.2) is 54.6 Å². The molecular formula is C23H29N3O2. The SMILES string of the molecule is CC(=O)N(CC(=O)Nc1ccc(N2CCC(C)CC2)cc1)Cc1ccccc1. The molecule has 148 valence electrons. The van der Waals surface area contributed by atoms with Gasteiger partial charge in [0.05, 0.1) is 0 Å². The standard InChI is InChI=1S/C23H29N3O2/c1-18-12-14-25(15-13-18)22-10-8-21(9-11-22)24-23(28)17-26(19(2)27)16-20-6-4-3-5-7-20/h3-11,18H,12-17H2,1-2H3,(H,24,28). The fraction of sp³-hybridized carbons (Fsp3) is 0.391. The molecule has 0 radical (unpaired) electrons. The van der Waals surface area contributed by atoms with Gasteiger partial charge in [0.2, 0.25) is 11.8 Å². The van der Waals surface area contributed by atoms with Crippen LogP contribution in [0.2, 0.25) is 0 Å². The Balaban J connectivity index is 1.55. The van der Waals surface area contributed by atoms with E-state index in [4.69, 9.17) is 0 Å². The van der Waals surface area contributed by atoms with Crippen molar-refractivity contribution in [2.75, 3.05) is 29.9 Å².